The van der Waals surface area contributed by atoms with Crippen LogP contribution in [0.4, 0.5) is 0 Å². The molecular weight excluding hydrogens is 280 g/mol. The number of hydrogen-bond acceptors (Lipinski definition) is 1. The molecule has 0 heterocycles. The first-order valence-corrected chi connectivity index (χ1v) is 9.65. The zero-order chi connectivity index (χ0) is 16.5. The summed E-state index contributed by atoms with van der Waals surface area (Å²) in [6, 6.07) is 6.98. The van der Waals surface area contributed by atoms with E-state index in [1.165, 1.54) is 44.1 Å². The lowest BCUT2D eigenvalue weighted by atomic mass is 9.77. The molecule has 0 aromatic heterocycles. The van der Waals surface area contributed by atoms with Crippen LogP contribution in [0.3, 0.4) is 0 Å². The van der Waals surface area contributed by atoms with Crippen molar-refractivity contribution in [2.24, 2.45) is 5.92 Å². The highest BCUT2D eigenvalue weighted by molar-refractivity contribution is 5.39. The topological polar surface area (TPSA) is 9.23 Å². The van der Waals surface area contributed by atoms with Crippen LogP contribution in [0.5, 0.6) is 5.75 Å². The van der Waals surface area contributed by atoms with E-state index in [2.05, 4.69) is 51.1 Å². The van der Waals surface area contributed by atoms with E-state index in [1.807, 2.05) is 0 Å². The van der Waals surface area contributed by atoms with Gasteiger partial charge in [-0.3, -0.25) is 0 Å². The van der Waals surface area contributed by atoms with E-state index in [-0.39, 0.29) is 0 Å². The Bertz CT molecular complexity index is 481. The van der Waals surface area contributed by atoms with Crippen LogP contribution in [0.2, 0.25) is 0 Å². The van der Waals surface area contributed by atoms with Gasteiger partial charge >= 0.3 is 0 Å². The van der Waals surface area contributed by atoms with E-state index in [0.29, 0.717) is 0 Å². The summed E-state index contributed by atoms with van der Waals surface area (Å²) in [5.41, 5.74) is 2.95. The van der Waals surface area contributed by atoms with E-state index in [4.69, 9.17) is 4.74 Å². The molecule has 1 saturated carbocycles. The van der Waals surface area contributed by atoms with Crippen molar-refractivity contribution >= 4 is 0 Å². The van der Waals surface area contributed by atoms with Gasteiger partial charge in [-0.1, -0.05) is 44.6 Å². The Labute approximate surface area is 143 Å². The summed E-state index contributed by atoms with van der Waals surface area (Å²) in [5.74, 6) is 2.77. The van der Waals surface area contributed by atoms with Crippen LogP contribution < -0.4 is 4.74 Å². The second kappa shape index (κ2) is 9.80. The molecule has 23 heavy (non-hydrogen) atoms. The summed E-state index contributed by atoms with van der Waals surface area (Å²) < 4.78 is 5.93. The first-order chi connectivity index (χ1) is 11.3. The third-order valence-electron chi connectivity index (χ3n) is 5.09. The fraction of sp³-hybridized carbons (Fsp3) is 0.636. The van der Waals surface area contributed by atoms with Gasteiger partial charge in [-0.05, 0) is 80.9 Å². The van der Waals surface area contributed by atoms with Crippen molar-refractivity contribution in [3.63, 3.8) is 0 Å². The van der Waals surface area contributed by atoms with E-state index >= 15 is 0 Å². The molecule has 0 saturated heterocycles. The van der Waals surface area contributed by atoms with E-state index in [9.17, 15) is 0 Å². The Morgan fingerprint density at radius 3 is 2.52 bits per heavy atom. The van der Waals surface area contributed by atoms with Crippen molar-refractivity contribution in [2.45, 2.75) is 78.1 Å². The lowest BCUT2D eigenvalue weighted by Crippen LogP contribution is -2.13. The van der Waals surface area contributed by atoms with Gasteiger partial charge in [0, 0.05) is 0 Å². The van der Waals surface area contributed by atoms with Gasteiger partial charge in [0.25, 0.3) is 0 Å². The Kier molecular flexibility index (Phi) is 7.71. The van der Waals surface area contributed by atoms with Crippen LogP contribution in [0.1, 0.15) is 82.8 Å². The van der Waals surface area contributed by atoms with Gasteiger partial charge in [-0.2, -0.15) is 0 Å². The number of rotatable bonds is 8. The molecule has 1 heteroatoms. The van der Waals surface area contributed by atoms with Crippen LogP contribution in [0.25, 0.3) is 0 Å². The average Bonchev–Trinajstić information content (AvgIpc) is 2.59. The molecular formula is C22H34O. The van der Waals surface area contributed by atoms with Gasteiger partial charge in [0.1, 0.15) is 5.75 Å². The second-order valence-electron chi connectivity index (χ2n) is 6.99. The van der Waals surface area contributed by atoms with Crippen molar-refractivity contribution in [3.8, 4) is 5.75 Å². The monoisotopic (exact) mass is 314 g/mol. The van der Waals surface area contributed by atoms with Crippen LogP contribution in [-0.4, -0.2) is 6.61 Å². The first-order valence-electron chi connectivity index (χ1n) is 9.65. The molecule has 1 fully saturated rings. The zero-order valence-electron chi connectivity index (χ0n) is 15.3. The number of allylic oxidation sites excluding steroid dienone is 2. The highest BCUT2D eigenvalue weighted by Crippen LogP contribution is 2.38. The molecule has 0 spiro atoms. The summed E-state index contributed by atoms with van der Waals surface area (Å²) in [6.45, 7) is 7.37. The lowest BCUT2D eigenvalue weighted by molar-refractivity contribution is 0.312. The predicted molar refractivity (Wildman–Crippen MR) is 100 cm³/mol. The number of benzene rings is 1. The Morgan fingerprint density at radius 1 is 1.09 bits per heavy atom. The molecule has 0 amide bonds. The second-order valence-corrected chi connectivity index (χ2v) is 6.99. The Morgan fingerprint density at radius 2 is 1.87 bits per heavy atom. The van der Waals surface area contributed by atoms with Crippen molar-refractivity contribution in [1.82, 2.24) is 0 Å². The molecule has 0 bridgehead atoms. The summed E-state index contributed by atoms with van der Waals surface area (Å²) >= 11 is 0. The summed E-state index contributed by atoms with van der Waals surface area (Å²) in [7, 11) is 0. The molecule has 2 rings (SSSR count). The summed E-state index contributed by atoms with van der Waals surface area (Å²) in [6.07, 6.45) is 14.6. The van der Waals surface area contributed by atoms with Gasteiger partial charge in [0.2, 0.25) is 0 Å². The quantitative estimate of drug-likeness (QED) is 0.487. The fourth-order valence-electron chi connectivity index (χ4n) is 3.73. The Balaban J connectivity index is 2.01. The Hall–Kier alpha value is -1.24. The van der Waals surface area contributed by atoms with Crippen LogP contribution in [-0.2, 0) is 6.42 Å². The lowest BCUT2D eigenvalue weighted by Gasteiger charge is -2.28. The maximum Gasteiger partial charge on any atom is 0.122 e. The molecule has 1 nitrogen and oxygen atoms in total. The summed E-state index contributed by atoms with van der Waals surface area (Å²) in [5, 5.41) is 0. The van der Waals surface area contributed by atoms with E-state index in [1.54, 1.807) is 5.56 Å². The maximum atomic E-state index is 5.93. The zero-order valence-corrected chi connectivity index (χ0v) is 15.3. The maximum absolute atomic E-state index is 5.93. The molecule has 1 aromatic rings. The van der Waals surface area contributed by atoms with Crippen LogP contribution in [0, 0.1) is 5.92 Å². The molecule has 128 valence electrons. The van der Waals surface area contributed by atoms with Crippen molar-refractivity contribution in [2.75, 3.05) is 6.61 Å². The van der Waals surface area contributed by atoms with Crippen molar-refractivity contribution in [1.29, 1.82) is 0 Å². The van der Waals surface area contributed by atoms with E-state index in [0.717, 1.165) is 37.0 Å². The van der Waals surface area contributed by atoms with Gasteiger partial charge in [-0.15, -0.1) is 0 Å². The molecule has 0 atom stereocenters. The predicted octanol–water partition coefficient (Wildman–Crippen LogP) is 6.67. The molecule has 1 aliphatic rings. The van der Waals surface area contributed by atoms with Crippen molar-refractivity contribution in [3.05, 3.63) is 41.5 Å². The SMILES string of the molecule is CC=CC[C@H]1CC[C@H](c2ccc(OCCC)c(CCC)c2)CC1. The molecule has 0 radical (unpaired) electrons. The fourth-order valence-corrected chi connectivity index (χ4v) is 3.73. The van der Waals surface area contributed by atoms with Gasteiger partial charge in [-0.25, -0.2) is 0 Å². The molecule has 1 aliphatic carbocycles. The standard InChI is InChI=1S/C22H34O/c1-4-7-9-18-10-12-19(13-11-18)20-14-15-22(23-16-6-3)21(17-20)8-5-2/h4,7,14-15,17-19H,5-6,8-13,16H2,1-3H3/t18-,19-. The van der Waals surface area contributed by atoms with Gasteiger partial charge < -0.3 is 4.74 Å². The normalized spacial score (nSPS) is 21.7. The third-order valence-corrected chi connectivity index (χ3v) is 5.09. The number of ether oxygens (including phenoxy) is 1. The van der Waals surface area contributed by atoms with Crippen LogP contribution in [0.15, 0.2) is 30.4 Å². The smallest absolute Gasteiger partial charge is 0.122 e. The molecule has 0 aliphatic heterocycles. The number of hydrogen-bond donors (Lipinski definition) is 0. The molecule has 0 unspecified atom stereocenters. The number of aryl methyl sites for hydroxylation is 1. The first kappa shape index (κ1) is 18.1. The highest BCUT2D eigenvalue weighted by atomic mass is 16.5. The third kappa shape index (κ3) is 5.41. The van der Waals surface area contributed by atoms with Gasteiger partial charge in [0.15, 0.2) is 0 Å². The molecule has 1 aromatic carbocycles. The largest absolute Gasteiger partial charge is 0.493 e. The minimum atomic E-state index is 0.757. The van der Waals surface area contributed by atoms with Crippen molar-refractivity contribution < 1.29 is 4.74 Å². The minimum absolute atomic E-state index is 0.757. The van der Waals surface area contributed by atoms with Gasteiger partial charge in [0.05, 0.1) is 6.61 Å². The highest BCUT2D eigenvalue weighted by Gasteiger charge is 2.22. The van der Waals surface area contributed by atoms with Crippen LogP contribution >= 0.6 is 0 Å². The minimum Gasteiger partial charge on any atom is -0.493 e. The summed E-state index contributed by atoms with van der Waals surface area (Å²) in [4.78, 5) is 0. The average molecular weight is 315 g/mol. The molecule has 0 N–H and O–H groups in total. The van der Waals surface area contributed by atoms with E-state index < -0.39 is 0 Å².